The molecule has 0 spiro atoms. The van der Waals surface area contributed by atoms with E-state index in [0.717, 1.165) is 25.4 Å². The Labute approximate surface area is 117 Å². The molecule has 1 saturated carbocycles. The van der Waals surface area contributed by atoms with E-state index >= 15 is 0 Å². The van der Waals surface area contributed by atoms with Crippen molar-refractivity contribution in [1.29, 1.82) is 5.26 Å². The van der Waals surface area contributed by atoms with Crippen molar-refractivity contribution in [2.45, 2.75) is 70.6 Å². The summed E-state index contributed by atoms with van der Waals surface area (Å²) in [5.41, 5.74) is 0. The van der Waals surface area contributed by atoms with Crippen LogP contribution in [0.5, 0.6) is 0 Å². The zero-order valence-electron chi connectivity index (χ0n) is 12.6. The number of hydrogen-bond acceptors (Lipinski definition) is 3. The Balaban J connectivity index is 2.03. The minimum absolute atomic E-state index is 0.214. The first-order valence-electron chi connectivity index (χ1n) is 7.90. The van der Waals surface area contributed by atoms with E-state index in [2.05, 4.69) is 31.9 Å². The van der Waals surface area contributed by atoms with Crippen LogP contribution in [-0.2, 0) is 4.74 Å². The highest BCUT2D eigenvalue weighted by Gasteiger charge is 2.38. The molecule has 0 aromatic rings. The third kappa shape index (κ3) is 3.30. The maximum Gasteiger partial charge on any atom is 0.0703 e. The summed E-state index contributed by atoms with van der Waals surface area (Å²) in [4.78, 5) is 2.47. The van der Waals surface area contributed by atoms with Crippen molar-refractivity contribution in [3.05, 3.63) is 0 Å². The van der Waals surface area contributed by atoms with Crippen LogP contribution in [0.2, 0.25) is 0 Å². The maximum atomic E-state index is 9.43. The van der Waals surface area contributed by atoms with Crippen LogP contribution in [0.3, 0.4) is 0 Å². The topological polar surface area (TPSA) is 36.3 Å². The molecule has 2 fully saturated rings. The van der Waals surface area contributed by atoms with Crippen LogP contribution in [0.25, 0.3) is 0 Å². The van der Waals surface area contributed by atoms with E-state index in [1.165, 1.54) is 25.7 Å². The van der Waals surface area contributed by atoms with Gasteiger partial charge in [-0.25, -0.2) is 0 Å². The molecule has 1 aliphatic heterocycles. The Morgan fingerprint density at radius 3 is 2.63 bits per heavy atom. The van der Waals surface area contributed by atoms with Crippen molar-refractivity contribution in [1.82, 2.24) is 4.90 Å². The van der Waals surface area contributed by atoms with Gasteiger partial charge >= 0.3 is 0 Å². The predicted octanol–water partition coefficient (Wildman–Crippen LogP) is 3.20. The van der Waals surface area contributed by atoms with Crippen LogP contribution in [0.4, 0.5) is 0 Å². The zero-order chi connectivity index (χ0) is 13.8. The van der Waals surface area contributed by atoms with Crippen LogP contribution in [0.15, 0.2) is 0 Å². The molecule has 3 heteroatoms. The highest BCUT2D eigenvalue weighted by Crippen LogP contribution is 2.36. The summed E-state index contributed by atoms with van der Waals surface area (Å²) in [7, 11) is 2.21. The minimum atomic E-state index is 0.214. The number of likely N-dealkylation sites (N-methyl/N-ethyl adjacent to an activating group) is 1. The SMILES string of the molecule is CCCC1CCC(C#N)C(N(C)C2CCOC2C)C1. The van der Waals surface area contributed by atoms with E-state index in [4.69, 9.17) is 4.74 Å². The van der Waals surface area contributed by atoms with Crippen LogP contribution in [0, 0.1) is 23.2 Å². The molecule has 3 nitrogen and oxygen atoms in total. The lowest BCUT2D eigenvalue weighted by Gasteiger charge is -2.41. The molecule has 0 amide bonds. The Kier molecular flexibility index (Phi) is 5.24. The number of rotatable bonds is 4. The smallest absolute Gasteiger partial charge is 0.0703 e. The molecule has 0 radical (unpaired) electrons. The maximum absolute atomic E-state index is 9.43. The van der Waals surface area contributed by atoms with Crippen molar-refractivity contribution in [3.63, 3.8) is 0 Å². The van der Waals surface area contributed by atoms with Crippen LogP contribution < -0.4 is 0 Å². The van der Waals surface area contributed by atoms with Gasteiger partial charge in [-0.3, -0.25) is 4.90 Å². The van der Waals surface area contributed by atoms with Crippen molar-refractivity contribution in [3.8, 4) is 6.07 Å². The Bertz CT molecular complexity index is 325. The molecule has 5 unspecified atom stereocenters. The van der Waals surface area contributed by atoms with Gasteiger partial charge in [0.1, 0.15) is 0 Å². The quantitative estimate of drug-likeness (QED) is 0.782. The largest absolute Gasteiger partial charge is 0.377 e. The van der Waals surface area contributed by atoms with Gasteiger partial charge in [-0.05, 0) is 45.6 Å². The average molecular weight is 264 g/mol. The number of nitrogens with zero attached hydrogens (tertiary/aromatic N) is 2. The second kappa shape index (κ2) is 6.72. The molecule has 0 aromatic heterocycles. The third-order valence-corrected chi connectivity index (χ3v) is 5.17. The second-order valence-corrected chi connectivity index (χ2v) is 6.37. The van der Waals surface area contributed by atoms with Crippen molar-refractivity contribution in [2.24, 2.45) is 11.8 Å². The first kappa shape index (κ1) is 14.8. The molecular weight excluding hydrogens is 236 g/mol. The summed E-state index contributed by atoms with van der Waals surface area (Å²) in [6.45, 7) is 5.31. The summed E-state index contributed by atoms with van der Waals surface area (Å²) >= 11 is 0. The Morgan fingerprint density at radius 2 is 2.05 bits per heavy atom. The summed E-state index contributed by atoms with van der Waals surface area (Å²) in [6, 6.07) is 3.49. The molecule has 0 bridgehead atoms. The first-order valence-corrected chi connectivity index (χ1v) is 7.90. The summed E-state index contributed by atoms with van der Waals surface area (Å²) < 4.78 is 5.70. The molecule has 5 atom stereocenters. The fourth-order valence-corrected chi connectivity index (χ4v) is 4.00. The Hall–Kier alpha value is -0.590. The van der Waals surface area contributed by atoms with Gasteiger partial charge in [0.25, 0.3) is 0 Å². The molecular formula is C16H28N2O. The van der Waals surface area contributed by atoms with E-state index in [9.17, 15) is 5.26 Å². The highest BCUT2D eigenvalue weighted by molar-refractivity contribution is 4.99. The van der Waals surface area contributed by atoms with E-state index in [1.54, 1.807) is 0 Å². The van der Waals surface area contributed by atoms with Crippen LogP contribution in [0.1, 0.15) is 52.4 Å². The van der Waals surface area contributed by atoms with Gasteiger partial charge in [0.2, 0.25) is 0 Å². The Morgan fingerprint density at radius 1 is 1.26 bits per heavy atom. The molecule has 0 N–H and O–H groups in total. The lowest BCUT2D eigenvalue weighted by atomic mass is 9.76. The van der Waals surface area contributed by atoms with Crippen molar-refractivity contribution >= 4 is 0 Å². The first-order chi connectivity index (χ1) is 9.17. The number of ether oxygens (including phenoxy) is 1. The fourth-order valence-electron chi connectivity index (χ4n) is 4.00. The monoisotopic (exact) mass is 264 g/mol. The summed E-state index contributed by atoms with van der Waals surface area (Å²) in [5, 5.41) is 9.43. The third-order valence-electron chi connectivity index (χ3n) is 5.17. The molecule has 1 saturated heterocycles. The molecule has 1 aliphatic carbocycles. The van der Waals surface area contributed by atoms with Crippen LogP contribution >= 0.6 is 0 Å². The van der Waals surface area contributed by atoms with E-state index in [0.29, 0.717) is 18.2 Å². The second-order valence-electron chi connectivity index (χ2n) is 6.37. The van der Waals surface area contributed by atoms with Crippen molar-refractivity contribution in [2.75, 3.05) is 13.7 Å². The molecule has 19 heavy (non-hydrogen) atoms. The van der Waals surface area contributed by atoms with Gasteiger partial charge in [-0.1, -0.05) is 19.8 Å². The average Bonchev–Trinajstić information content (AvgIpc) is 2.84. The number of hydrogen-bond donors (Lipinski definition) is 0. The number of nitriles is 1. The van der Waals surface area contributed by atoms with Gasteiger partial charge < -0.3 is 4.74 Å². The van der Waals surface area contributed by atoms with Crippen LogP contribution in [-0.4, -0.2) is 36.7 Å². The molecule has 2 aliphatic rings. The van der Waals surface area contributed by atoms with E-state index < -0.39 is 0 Å². The summed E-state index contributed by atoms with van der Waals surface area (Å²) in [6.07, 6.45) is 7.54. The standard InChI is InChI=1S/C16H28N2O/c1-4-5-13-6-7-14(11-17)16(10-13)18(3)15-8-9-19-12(15)2/h12-16H,4-10H2,1-3H3. The normalized spacial score (nSPS) is 39.4. The lowest BCUT2D eigenvalue weighted by molar-refractivity contribution is 0.0383. The van der Waals surface area contributed by atoms with Crippen molar-refractivity contribution < 1.29 is 4.74 Å². The zero-order valence-corrected chi connectivity index (χ0v) is 12.6. The highest BCUT2D eigenvalue weighted by atomic mass is 16.5. The van der Waals surface area contributed by atoms with Gasteiger partial charge in [-0.15, -0.1) is 0 Å². The fraction of sp³-hybridized carbons (Fsp3) is 0.938. The van der Waals surface area contributed by atoms with E-state index in [1.807, 2.05) is 0 Å². The summed E-state index contributed by atoms with van der Waals surface area (Å²) in [5.74, 6) is 1.03. The molecule has 2 rings (SSSR count). The molecule has 108 valence electrons. The molecule has 0 aromatic carbocycles. The van der Waals surface area contributed by atoms with Gasteiger partial charge in [0.15, 0.2) is 0 Å². The van der Waals surface area contributed by atoms with Gasteiger partial charge in [0, 0.05) is 18.7 Å². The lowest BCUT2D eigenvalue weighted by Crippen LogP contribution is -2.49. The van der Waals surface area contributed by atoms with Gasteiger partial charge in [-0.2, -0.15) is 5.26 Å². The van der Waals surface area contributed by atoms with E-state index in [-0.39, 0.29) is 5.92 Å². The molecule has 1 heterocycles. The minimum Gasteiger partial charge on any atom is -0.377 e. The predicted molar refractivity (Wildman–Crippen MR) is 76.7 cm³/mol. The van der Waals surface area contributed by atoms with Gasteiger partial charge in [0.05, 0.1) is 18.1 Å².